The molecule has 92 valence electrons. The summed E-state index contributed by atoms with van der Waals surface area (Å²) in [7, 11) is 0. The van der Waals surface area contributed by atoms with E-state index in [0.29, 0.717) is 5.92 Å². The van der Waals surface area contributed by atoms with Crippen molar-refractivity contribution < 1.29 is 18.0 Å². The summed E-state index contributed by atoms with van der Waals surface area (Å²) in [6.07, 6.45) is -2.60. The average molecular weight is 245 g/mol. The maximum atomic E-state index is 12.2. The zero-order valence-electron chi connectivity index (χ0n) is 8.77. The fraction of sp³-hybridized carbons (Fsp3) is 0.600. The number of H-pyrrole nitrogens is 1. The Morgan fingerprint density at radius 2 is 2.24 bits per heavy atom. The third-order valence-electron chi connectivity index (χ3n) is 3.50. The Kier molecular flexibility index (Phi) is 1.89. The monoisotopic (exact) mass is 245 g/mol. The summed E-state index contributed by atoms with van der Waals surface area (Å²) in [4.78, 5) is 11.6. The number of nitrogens with one attached hydrogen (secondary N) is 2. The first kappa shape index (κ1) is 10.6. The van der Waals surface area contributed by atoms with Crippen LogP contribution in [0.5, 0.6) is 0 Å². The molecule has 1 amide bonds. The SMILES string of the molecule is O=C(NCc1cc(C(F)(F)F)n[nH]1)C12CC1C2. The zero-order valence-corrected chi connectivity index (χ0v) is 8.77. The largest absolute Gasteiger partial charge is 0.435 e. The van der Waals surface area contributed by atoms with Crippen LogP contribution in [0.4, 0.5) is 13.2 Å². The van der Waals surface area contributed by atoms with Crippen molar-refractivity contribution in [2.75, 3.05) is 0 Å². The molecule has 1 heterocycles. The van der Waals surface area contributed by atoms with E-state index in [1.54, 1.807) is 0 Å². The highest BCUT2D eigenvalue weighted by atomic mass is 19.4. The van der Waals surface area contributed by atoms with Gasteiger partial charge in [-0.2, -0.15) is 18.3 Å². The lowest BCUT2D eigenvalue weighted by Crippen LogP contribution is -2.27. The van der Waals surface area contributed by atoms with Crippen LogP contribution in [0.25, 0.3) is 0 Å². The first-order valence-corrected chi connectivity index (χ1v) is 5.32. The lowest BCUT2D eigenvalue weighted by Gasteiger charge is -2.04. The zero-order chi connectivity index (χ0) is 12.3. The van der Waals surface area contributed by atoms with E-state index in [9.17, 15) is 18.0 Å². The first-order valence-electron chi connectivity index (χ1n) is 5.32. The number of aromatic amines is 1. The Morgan fingerprint density at radius 3 is 2.71 bits per heavy atom. The van der Waals surface area contributed by atoms with Crippen molar-refractivity contribution in [2.45, 2.75) is 25.6 Å². The predicted octanol–water partition coefficient (Wildman–Crippen LogP) is 1.45. The molecule has 0 aliphatic heterocycles. The van der Waals surface area contributed by atoms with Gasteiger partial charge in [-0.15, -0.1) is 0 Å². The van der Waals surface area contributed by atoms with Gasteiger partial charge < -0.3 is 5.32 Å². The molecule has 0 radical (unpaired) electrons. The van der Waals surface area contributed by atoms with E-state index < -0.39 is 11.9 Å². The lowest BCUT2D eigenvalue weighted by molar-refractivity contribution is -0.141. The molecule has 2 fully saturated rings. The van der Waals surface area contributed by atoms with Crippen LogP contribution in [0.3, 0.4) is 0 Å². The van der Waals surface area contributed by atoms with Gasteiger partial charge in [-0.25, -0.2) is 0 Å². The topological polar surface area (TPSA) is 57.8 Å². The molecule has 0 spiro atoms. The lowest BCUT2D eigenvalue weighted by atomic mass is 10.2. The third kappa shape index (κ3) is 1.69. The van der Waals surface area contributed by atoms with Crippen molar-refractivity contribution in [2.24, 2.45) is 11.3 Å². The molecule has 0 aromatic carbocycles. The number of alkyl halides is 3. The fourth-order valence-electron chi connectivity index (χ4n) is 2.02. The van der Waals surface area contributed by atoms with E-state index in [-0.39, 0.29) is 23.6 Å². The second-order valence-corrected chi connectivity index (χ2v) is 4.72. The molecule has 0 unspecified atom stereocenters. The summed E-state index contributed by atoms with van der Waals surface area (Å²) in [5, 5.41) is 8.05. The second kappa shape index (κ2) is 3.02. The summed E-state index contributed by atoms with van der Waals surface area (Å²) in [5.41, 5.74) is -0.858. The molecule has 2 N–H and O–H groups in total. The summed E-state index contributed by atoms with van der Waals surface area (Å²) < 4.78 is 36.7. The number of amides is 1. The van der Waals surface area contributed by atoms with Gasteiger partial charge in [-0.1, -0.05) is 0 Å². The van der Waals surface area contributed by atoms with Crippen LogP contribution in [0.15, 0.2) is 6.07 Å². The van der Waals surface area contributed by atoms with Gasteiger partial charge in [0.15, 0.2) is 5.69 Å². The van der Waals surface area contributed by atoms with Crippen LogP contribution < -0.4 is 5.32 Å². The number of fused-ring (bicyclic) bond motifs is 1. The maximum absolute atomic E-state index is 12.2. The van der Waals surface area contributed by atoms with Crippen LogP contribution in [-0.4, -0.2) is 16.1 Å². The number of hydrogen-bond acceptors (Lipinski definition) is 2. The number of carbonyl (C=O) groups excluding carboxylic acids is 1. The minimum atomic E-state index is -4.45. The summed E-state index contributed by atoms with van der Waals surface area (Å²) >= 11 is 0. The maximum Gasteiger partial charge on any atom is 0.435 e. The Bertz CT molecular complexity index is 473. The Morgan fingerprint density at radius 1 is 1.59 bits per heavy atom. The molecule has 0 atom stereocenters. The molecule has 7 heteroatoms. The van der Waals surface area contributed by atoms with Crippen LogP contribution in [0, 0.1) is 11.3 Å². The van der Waals surface area contributed by atoms with Gasteiger partial charge in [0.2, 0.25) is 5.91 Å². The standard InChI is InChI=1S/C10H10F3N3O/c11-10(12,13)7-1-6(15-16-7)4-14-8(17)9-2-5(9)3-9/h1,5H,2-4H2,(H,14,17)(H,15,16). The third-order valence-corrected chi connectivity index (χ3v) is 3.50. The van der Waals surface area contributed by atoms with Crippen molar-refractivity contribution in [1.29, 1.82) is 0 Å². The van der Waals surface area contributed by atoms with Crippen LogP contribution >= 0.6 is 0 Å². The summed E-state index contributed by atoms with van der Waals surface area (Å²) in [6, 6.07) is 0.912. The summed E-state index contributed by atoms with van der Waals surface area (Å²) in [6.45, 7) is 0.0659. The highest BCUT2D eigenvalue weighted by Gasteiger charge is 2.74. The molecule has 2 aliphatic carbocycles. The van der Waals surface area contributed by atoms with Crippen molar-refractivity contribution in [3.8, 4) is 0 Å². The number of hydrogen-bond donors (Lipinski definition) is 2. The molecular formula is C10H10F3N3O. The van der Waals surface area contributed by atoms with Crippen LogP contribution in [0.1, 0.15) is 24.2 Å². The normalized spacial score (nSPS) is 29.7. The van der Waals surface area contributed by atoms with E-state index >= 15 is 0 Å². The minimum Gasteiger partial charge on any atom is -0.350 e. The van der Waals surface area contributed by atoms with Gasteiger partial charge in [0.05, 0.1) is 17.7 Å². The van der Waals surface area contributed by atoms with Crippen molar-refractivity contribution in [3.05, 3.63) is 17.5 Å². The quantitative estimate of drug-likeness (QED) is 0.846. The van der Waals surface area contributed by atoms with Gasteiger partial charge >= 0.3 is 6.18 Å². The number of halogens is 3. The van der Waals surface area contributed by atoms with E-state index in [1.807, 2.05) is 0 Å². The van der Waals surface area contributed by atoms with E-state index in [4.69, 9.17) is 0 Å². The molecule has 4 nitrogen and oxygen atoms in total. The molecule has 1 aromatic heterocycles. The first-order chi connectivity index (χ1) is 7.92. The van der Waals surface area contributed by atoms with E-state index in [0.717, 1.165) is 18.9 Å². The highest BCUT2D eigenvalue weighted by Crippen LogP contribution is 2.75. The summed E-state index contributed by atoms with van der Waals surface area (Å²) in [5.74, 6) is 0.473. The smallest absolute Gasteiger partial charge is 0.350 e. The molecule has 0 bridgehead atoms. The van der Waals surface area contributed by atoms with Gasteiger partial charge in [-0.05, 0) is 24.8 Å². The fourth-order valence-corrected chi connectivity index (χ4v) is 2.02. The Hall–Kier alpha value is -1.53. The van der Waals surface area contributed by atoms with Crippen LogP contribution in [-0.2, 0) is 17.5 Å². The number of aromatic nitrogens is 2. The molecule has 2 saturated carbocycles. The van der Waals surface area contributed by atoms with Gasteiger partial charge in [-0.3, -0.25) is 9.89 Å². The molecule has 3 rings (SSSR count). The molecule has 1 aromatic rings. The number of nitrogens with zero attached hydrogens (tertiary/aromatic N) is 1. The number of rotatable bonds is 3. The van der Waals surface area contributed by atoms with Crippen molar-refractivity contribution in [1.82, 2.24) is 15.5 Å². The molecule has 0 saturated heterocycles. The molecular weight excluding hydrogens is 235 g/mol. The molecule has 2 aliphatic rings. The Labute approximate surface area is 94.6 Å². The van der Waals surface area contributed by atoms with Crippen molar-refractivity contribution in [3.63, 3.8) is 0 Å². The van der Waals surface area contributed by atoms with E-state index in [1.165, 1.54) is 0 Å². The second-order valence-electron chi connectivity index (χ2n) is 4.72. The Balaban J connectivity index is 1.58. The molecule has 17 heavy (non-hydrogen) atoms. The number of carbonyl (C=O) groups is 1. The highest BCUT2D eigenvalue weighted by molar-refractivity contribution is 5.89. The van der Waals surface area contributed by atoms with Gasteiger partial charge in [0.25, 0.3) is 0 Å². The predicted molar refractivity (Wildman–Crippen MR) is 50.6 cm³/mol. The van der Waals surface area contributed by atoms with Gasteiger partial charge in [0.1, 0.15) is 0 Å². The minimum absolute atomic E-state index is 0.0503. The van der Waals surface area contributed by atoms with Crippen LogP contribution in [0.2, 0.25) is 0 Å². The van der Waals surface area contributed by atoms with Gasteiger partial charge in [0, 0.05) is 0 Å². The van der Waals surface area contributed by atoms with E-state index in [2.05, 4.69) is 15.5 Å². The average Bonchev–Trinajstić information content (AvgIpc) is 3.00. The van der Waals surface area contributed by atoms with Crippen molar-refractivity contribution >= 4 is 5.91 Å².